The van der Waals surface area contributed by atoms with Gasteiger partial charge in [-0.3, -0.25) is 4.90 Å². The van der Waals surface area contributed by atoms with Crippen molar-refractivity contribution in [3.63, 3.8) is 0 Å². The van der Waals surface area contributed by atoms with Crippen LogP contribution in [0.15, 0.2) is 18.2 Å². The summed E-state index contributed by atoms with van der Waals surface area (Å²) in [4.78, 5) is 4.68. The summed E-state index contributed by atoms with van der Waals surface area (Å²) in [5, 5.41) is 0. The second-order valence-electron chi connectivity index (χ2n) is 5.37. The van der Waals surface area contributed by atoms with Crippen LogP contribution in [0, 0.1) is 0 Å². The Morgan fingerprint density at radius 2 is 1.89 bits per heavy atom. The average Bonchev–Trinajstić information content (AvgIpc) is 2.46. The second-order valence-corrected chi connectivity index (χ2v) is 5.37. The number of nitrogens with zero attached hydrogens (tertiary/aromatic N) is 2. The molecule has 106 valence electrons. The molecule has 2 rings (SSSR count). The fourth-order valence-electron chi connectivity index (χ4n) is 2.56. The first kappa shape index (κ1) is 14.2. The van der Waals surface area contributed by atoms with Crippen LogP contribution in [0.1, 0.15) is 25.3 Å². The van der Waals surface area contributed by atoms with Gasteiger partial charge in [-0.15, -0.1) is 0 Å². The Balaban J connectivity index is 2.13. The minimum Gasteiger partial charge on any atom is -0.496 e. The highest BCUT2D eigenvalue weighted by molar-refractivity contribution is 5.54. The highest BCUT2D eigenvalue weighted by atomic mass is 16.5. The standard InChI is InChI=1S/C15H25N3O/c1-12(2)14-5-4-13(10-15(14)19-3)18-8-6-17(11-16)7-9-18/h4-5,10,12H,6-9,11,16H2,1-3H3. The third kappa shape index (κ3) is 3.19. The van der Waals surface area contributed by atoms with Gasteiger partial charge in [0.25, 0.3) is 0 Å². The van der Waals surface area contributed by atoms with Gasteiger partial charge >= 0.3 is 0 Å². The van der Waals surface area contributed by atoms with Gasteiger partial charge in [0.15, 0.2) is 0 Å². The lowest BCUT2D eigenvalue weighted by Gasteiger charge is -2.35. The van der Waals surface area contributed by atoms with E-state index in [0.717, 1.165) is 31.9 Å². The SMILES string of the molecule is COc1cc(N2CCN(CN)CC2)ccc1C(C)C. The Morgan fingerprint density at radius 3 is 2.42 bits per heavy atom. The topological polar surface area (TPSA) is 41.7 Å². The van der Waals surface area contributed by atoms with Crippen LogP contribution in [-0.2, 0) is 0 Å². The maximum Gasteiger partial charge on any atom is 0.124 e. The summed E-state index contributed by atoms with van der Waals surface area (Å²) in [6.45, 7) is 9.16. The molecule has 0 aromatic heterocycles. The van der Waals surface area contributed by atoms with Crippen LogP contribution in [0.2, 0.25) is 0 Å². The quantitative estimate of drug-likeness (QED) is 0.900. The molecule has 1 fully saturated rings. The number of hydrogen-bond donors (Lipinski definition) is 1. The molecule has 0 aliphatic carbocycles. The van der Waals surface area contributed by atoms with Crippen molar-refractivity contribution in [2.45, 2.75) is 19.8 Å². The first-order valence-corrected chi connectivity index (χ1v) is 7.01. The maximum absolute atomic E-state index is 5.67. The fraction of sp³-hybridized carbons (Fsp3) is 0.600. The van der Waals surface area contributed by atoms with Crippen molar-refractivity contribution in [2.24, 2.45) is 5.73 Å². The summed E-state index contributed by atoms with van der Waals surface area (Å²) in [7, 11) is 1.75. The molecule has 2 N–H and O–H groups in total. The minimum atomic E-state index is 0.484. The Bertz CT molecular complexity index is 412. The number of rotatable bonds is 4. The average molecular weight is 263 g/mol. The minimum absolute atomic E-state index is 0.484. The number of hydrogen-bond acceptors (Lipinski definition) is 4. The maximum atomic E-state index is 5.67. The zero-order chi connectivity index (χ0) is 13.8. The fourth-order valence-corrected chi connectivity index (χ4v) is 2.56. The van der Waals surface area contributed by atoms with Crippen LogP contribution in [-0.4, -0.2) is 44.9 Å². The zero-order valence-corrected chi connectivity index (χ0v) is 12.2. The molecule has 19 heavy (non-hydrogen) atoms. The summed E-state index contributed by atoms with van der Waals surface area (Å²) < 4.78 is 5.52. The van der Waals surface area contributed by atoms with E-state index in [2.05, 4.69) is 41.8 Å². The Labute approximate surface area is 116 Å². The first-order chi connectivity index (χ1) is 9.15. The van der Waals surface area contributed by atoms with Gasteiger partial charge in [0, 0.05) is 44.6 Å². The number of piperazine rings is 1. The van der Waals surface area contributed by atoms with E-state index >= 15 is 0 Å². The Hall–Kier alpha value is -1.26. The molecule has 4 nitrogen and oxygen atoms in total. The monoisotopic (exact) mass is 263 g/mol. The lowest BCUT2D eigenvalue weighted by Crippen LogP contribution is -2.48. The van der Waals surface area contributed by atoms with Gasteiger partial charge in [0.1, 0.15) is 5.75 Å². The predicted octanol–water partition coefficient (Wildman–Crippen LogP) is 1.86. The van der Waals surface area contributed by atoms with E-state index in [1.54, 1.807) is 7.11 Å². The van der Waals surface area contributed by atoms with E-state index in [1.165, 1.54) is 11.3 Å². The molecule has 1 saturated heterocycles. The van der Waals surface area contributed by atoms with Crippen molar-refractivity contribution in [3.8, 4) is 5.75 Å². The van der Waals surface area contributed by atoms with Crippen molar-refractivity contribution in [1.29, 1.82) is 0 Å². The Morgan fingerprint density at radius 1 is 1.21 bits per heavy atom. The summed E-state index contributed by atoms with van der Waals surface area (Å²) in [5.74, 6) is 1.48. The van der Waals surface area contributed by atoms with Gasteiger partial charge in [-0.1, -0.05) is 19.9 Å². The molecule has 0 amide bonds. The largest absolute Gasteiger partial charge is 0.496 e. The van der Waals surface area contributed by atoms with E-state index < -0.39 is 0 Å². The lowest BCUT2D eigenvalue weighted by molar-refractivity contribution is 0.265. The van der Waals surface area contributed by atoms with E-state index in [0.29, 0.717) is 12.6 Å². The number of methoxy groups -OCH3 is 1. The van der Waals surface area contributed by atoms with Gasteiger partial charge in [-0.05, 0) is 17.5 Å². The van der Waals surface area contributed by atoms with Gasteiger partial charge in [0.05, 0.1) is 7.11 Å². The second kappa shape index (κ2) is 6.26. The molecule has 0 bridgehead atoms. The summed E-state index contributed by atoms with van der Waals surface area (Å²) in [6, 6.07) is 6.55. The predicted molar refractivity (Wildman–Crippen MR) is 79.9 cm³/mol. The molecule has 0 radical (unpaired) electrons. The van der Waals surface area contributed by atoms with Gasteiger partial charge in [-0.25, -0.2) is 0 Å². The van der Waals surface area contributed by atoms with Crippen molar-refractivity contribution in [1.82, 2.24) is 4.90 Å². The molecule has 0 spiro atoms. The van der Waals surface area contributed by atoms with Crippen LogP contribution >= 0.6 is 0 Å². The van der Waals surface area contributed by atoms with Crippen molar-refractivity contribution >= 4 is 5.69 Å². The normalized spacial score (nSPS) is 17.0. The van der Waals surface area contributed by atoms with Crippen molar-refractivity contribution in [3.05, 3.63) is 23.8 Å². The zero-order valence-electron chi connectivity index (χ0n) is 12.2. The molecule has 1 aliphatic heterocycles. The summed E-state index contributed by atoms with van der Waals surface area (Å²) in [5.41, 5.74) is 8.19. The van der Waals surface area contributed by atoms with Crippen LogP contribution in [0.3, 0.4) is 0 Å². The molecule has 0 saturated carbocycles. The lowest BCUT2D eigenvalue weighted by atomic mass is 10.0. The van der Waals surface area contributed by atoms with E-state index in [1.807, 2.05) is 0 Å². The molecular formula is C15H25N3O. The third-order valence-electron chi connectivity index (χ3n) is 3.83. The van der Waals surface area contributed by atoms with Crippen LogP contribution in [0.25, 0.3) is 0 Å². The first-order valence-electron chi connectivity index (χ1n) is 7.01. The Kier molecular flexibility index (Phi) is 4.66. The molecule has 1 aliphatic rings. The van der Waals surface area contributed by atoms with Crippen LogP contribution < -0.4 is 15.4 Å². The molecule has 1 aromatic rings. The number of anilines is 1. The van der Waals surface area contributed by atoms with Crippen molar-refractivity contribution < 1.29 is 4.74 Å². The number of ether oxygens (including phenoxy) is 1. The molecule has 4 heteroatoms. The van der Waals surface area contributed by atoms with Crippen LogP contribution in [0.5, 0.6) is 5.75 Å². The molecule has 1 aromatic carbocycles. The summed E-state index contributed by atoms with van der Waals surface area (Å²) in [6.07, 6.45) is 0. The number of benzene rings is 1. The molecule has 0 unspecified atom stereocenters. The van der Waals surface area contributed by atoms with E-state index in [9.17, 15) is 0 Å². The van der Waals surface area contributed by atoms with Crippen LogP contribution in [0.4, 0.5) is 5.69 Å². The third-order valence-corrected chi connectivity index (χ3v) is 3.83. The molecular weight excluding hydrogens is 238 g/mol. The highest BCUT2D eigenvalue weighted by Gasteiger charge is 2.17. The summed E-state index contributed by atoms with van der Waals surface area (Å²) >= 11 is 0. The van der Waals surface area contributed by atoms with Gasteiger partial charge in [-0.2, -0.15) is 0 Å². The van der Waals surface area contributed by atoms with Gasteiger partial charge in [0.2, 0.25) is 0 Å². The van der Waals surface area contributed by atoms with E-state index in [-0.39, 0.29) is 0 Å². The van der Waals surface area contributed by atoms with Crippen molar-refractivity contribution in [2.75, 3.05) is 44.9 Å². The van der Waals surface area contributed by atoms with Gasteiger partial charge < -0.3 is 15.4 Å². The smallest absolute Gasteiger partial charge is 0.124 e. The molecule has 0 atom stereocenters. The number of nitrogens with two attached hydrogens (primary N) is 1. The van der Waals surface area contributed by atoms with E-state index in [4.69, 9.17) is 10.5 Å². The molecule has 1 heterocycles. The highest BCUT2D eigenvalue weighted by Crippen LogP contribution is 2.31.